The molecule has 2 aromatic heterocycles. The molecule has 3 heterocycles. The molecule has 0 bridgehead atoms. The van der Waals surface area contributed by atoms with Crippen molar-refractivity contribution in [2.75, 3.05) is 7.11 Å². The Morgan fingerprint density at radius 1 is 1.17 bits per heavy atom. The zero-order valence-electron chi connectivity index (χ0n) is 19.4. The summed E-state index contributed by atoms with van der Waals surface area (Å²) in [6.07, 6.45) is 0. The zero-order valence-corrected chi connectivity index (χ0v) is 20.2. The van der Waals surface area contributed by atoms with Gasteiger partial charge in [0.1, 0.15) is 0 Å². The summed E-state index contributed by atoms with van der Waals surface area (Å²) >= 11 is 1.58. The molecule has 1 N–H and O–H groups in total. The molecule has 0 fully saturated rings. The zero-order chi connectivity index (χ0) is 24.5. The number of carbonyl (C=O) groups is 1. The monoisotopic (exact) mass is 490 g/mol. The van der Waals surface area contributed by atoms with Crippen LogP contribution in [0.1, 0.15) is 34.9 Å². The third-order valence-corrected chi connectivity index (χ3v) is 6.83. The summed E-state index contributed by atoms with van der Waals surface area (Å²) < 4.78 is 24.9. The predicted octanol–water partition coefficient (Wildman–Crippen LogP) is 5.95. The molecule has 1 aliphatic rings. The first kappa shape index (κ1) is 22.8. The van der Waals surface area contributed by atoms with Gasteiger partial charge in [0.15, 0.2) is 11.6 Å². The van der Waals surface area contributed by atoms with E-state index in [2.05, 4.69) is 15.5 Å². The molecule has 1 aliphatic heterocycles. The standard InChI is InChI=1S/C26H23FN4O3S/c1-15-6-8-17(9-7-15)23-22(16(2)31(26(32)28-23)14-19-5-4-12-35-19)25-29-24(30-34-25)18-10-11-21(33-3)20(27)13-18/h4-13,23H,14H2,1-3H3,(H,28,32). The molecular formula is C26H23FN4O3S. The highest BCUT2D eigenvalue weighted by Crippen LogP contribution is 2.38. The number of carbonyl (C=O) groups excluding carboxylic acids is 1. The van der Waals surface area contributed by atoms with E-state index >= 15 is 0 Å². The molecule has 2 aromatic carbocycles. The van der Waals surface area contributed by atoms with Crippen molar-refractivity contribution in [1.29, 1.82) is 0 Å². The maximum atomic E-state index is 14.3. The lowest BCUT2D eigenvalue weighted by molar-refractivity contribution is 0.203. The molecule has 1 unspecified atom stereocenters. The van der Waals surface area contributed by atoms with Gasteiger partial charge in [-0.25, -0.2) is 9.18 Å². The average molecular weight is 491 g/mol. The van der Waals surface area contributed by atoms with Crippen molar-refractivity contribution in [2.45, 2.75) is 26.4 Å². The Bertz CT molecular complexity index is 1400. The minimum absolute atomic E-state index is 0.134. The molecule has 0 aliphatic carbocycles. The van der Waals surface area contributed by atoms with E-state index in [0.29, 0.717) is 23.4 Å². The third kappa shape index (κ3) is 4.42. The number of hydrogen-bond acceptors (Lipinski definition) is 6. The van der Waals surface area contributed by atoms with E-state index in [9.17, 15) is 9.18 Å². The SMILES string of the molecule is COc1ccc(-c2noc(C3=C(C)N(Cc4cccs4)C(=O)NC3c3ccc(C)cc3)n2)cc1F. The van der Waals surface area contributed by atoms with Gasteiger partial charge in [-0.3, -0.25) is 4.90 Å². The molecule has 9 heteroatoms. The van der Waals surface area contributed by atoms with Gasteiger partial charge in [0.25, 0.3) is 5.89 Å². The van der Waals surface area contributed by atoms with E-state index in [1.54, 1.807) is 22.3 Å². The number of benzene rings is 2. The third-order valence-electron chi connectivity index (χ3n) is 5.97. The van der Waals surface area contributed by atoms with E-state index in [1.807, 2.05) is 55.6 Å². The number of nitrogens with zero attached hydrogens (tertiary/aromatic N) is 3. The second-order valence-corrected chi connectivity index (χ2v) is 9.26. The van der Waals surface area contributed by atoms with Gasteiger partial charge in [-0.2, -0.15) is 4.98 Å². The quantitative estimate of drug-likeness (QED) is 0.361. The van der Waals surface area contributed by atoms with Gasteiger partial charge in [0.05, 0.1) is 25.3 Å². The van der Waals surface area contributed by atoms with Gasteiger partial charge in [0, 0.05) is 16.1 Å². The highest BCUT2D eigenvalue weighted by Gasteiger charge is 2.36. The van der Waals surface area contributed by atoms with Crippen LogP contribution in [0.25, 0.3) is 17.0 Å². The topological polar surface area (TPSA) is 80.5 Å². The summed E-state index contributed by atoms with van der Waals surface area (Å²) in [5, 5.41) is 9.17. The molecule has 5 rings (SSSR count). The number of rotatable bonds is 6. The summed E-state index contributed by atoms with van der Waals surface area (Å²) in [5.74, 6) is 0.118. The molecule has 35 heavy (non-hydrogen) atoms. The van der Waals surface area contributed by atoms with Crippen molar-refractivity contribution in [3.05, 3.63) is 93.4 Å². The van der Waals surface area contributed by atoms with Crippen LogP contribution in [0.3, 0.4) is 0 Å². The van der Waals surface area contributed by atoms with E-state index in [-0.39, 0.29) is 23.5 Å². The molecule has 178 valence electrons. The lowest BCUT2D eigenvalue weighted by Gasteiger charge is -2.35. The van der Waals surface area contributed by atoms with Gasteiger partial charge < -0.3 is 14.6 Å². The number of aryl methyl sites for hydroxylation is 1. The van der Waals surface area contributed by atoms with Gasteiger partial charge in [-0.1, -0.05) is 41.1 Å². The van der Waals surface area contributed by atoms with Crippen molar-refractivity contribution in [2.24, 2.45) is 0 Å². The highest BCUT2D eigenvalue weighted by molar-refractivity contribution is 7.09. The van der Waals surface area contributed by atoms with Gasteiger partial charge in [-0.15, -0.1) is 11.3 Å². The molecule has 2 amide bonds. The maximum absolute atomic E-state index is 14.3. The molecule has 4 aromatic rings. The van der Waals surface area contributed by atoms with Crippen LogP contribution >= 0.6 is 11.3 Å². The molecule has 1 atom stereocenters. The van der Waals surface area contributed by atoms with Crippen molar-refractivity contribution in [3.63, 3.8) is 0 Å². The minimum Gasteiger partial charge on any atom is -0.494 e. The second-order valence-electron chi connectivity index (χ2n) is 8.23. The summed E-state index contributed by atoms with van der Waals surface area (Å²) in [5.41, 5.74) is 3.86. The smallest absolute Gasteiger partial charge is 0.322 e. The number of ether oxygens (including phenoxy) is 1. The number of allylic oxidation sites excluding steroid dienone is 1. The number of amides is 2. The number of thiophene rings is 1. The number of methoxy groups -OCH3 is 1. The fourth-order valence-electron chi connectivity index (χ4n) is 4.07. The minimum atomic E-state index is -0.517. The second kappa shape index (κ2) is 9.34. The molecule has 7 nitrogen and oxygen atoms in total. The summed E-state index contributed by atoms with van der Waals surface area (Å²) in [7, 11) is 1.41. The fourth-order valence-corrected chi connectivity index (χ4v) is 4.76. The lowest BCUT2D eigenvalue weighted by Crippen LogP contribution is -2.45. The first-order chi connectivity index (χ1) is 16.9. The highest BCUT2D eigenvalue weighted by atomic mass is 32.1. The Morgan fingerprint density at radius 3 is 2.66 bits per heavy atom. The van der Waals surface area contributed by atoms with Gasteiger partial charge in [-0.05, 0) is 49.1 Å². The number of hydrogen-bond donors (Lipinski definition) is 1. The van der Waals surface area contributed by atoms with Crippen LogP contribution in [0.5, 0.6) is 5.75 Å². The van der Waals surface area contributed by atoms with Gasteiger partial charge in [0.2, 0.25) is 5.82 Å². The van der Waals surface area contributed by atoms with Crippen LogP contribution in [-0.4, -0.2) is 28.2 Å². The Kier molecular flexibility index (Phi) is 6.08. The molecule has 0 spiro atoms. The predicted molar refractivity (Wildman–Crippen MR) is 131 cm³/mol. The van der Waals surface area contributed by atoms with E-state index < -0.39 is 11.9 Å². The van der Waals surface area contributed by atoms with Crippen LogP contribution in [-0.2, 0) is 6.54 Å². The van der Waals surface area contributed by atoms with Crippen LogP contribution in [0, 0.1) is 12.7 Å². The molecule has 0 saturated carbocycles. The Morgan fingerprint density at radius 2 is 1.97 bits per heavy atom. The normalized spacial score (nSPS) is 15.9. The van der Waals surface area contributed by atoms with Crippen LogP contribution < -0.4 is 10.1 Å². The number of urea groups is 1. The molecular weight excluding hydrogens is 467 g/mol. The Labute approximate surface area is 205 Å². The largest absolute Gasteiger partial charge is 0.494 e. The number of aromatic nitrogens is 2. The molecule has 0 radical (unpaired) electrons. The summed E-state index contributed by atoms with van der Waals surface area (Å²) in [6.45, 7) is 4.30. The fraction of sp³-hybridized carbons (Fsp3) is 0.192. The van der Waals surface area contributed by atoms with Crippen LogP contribution in [0.2, 0.25) is 0 Å². The van der Waals surface area contributed by atoms with Crippen molar-refractivity contribution in [1.82, 2.24) is 20.4 Å². The molecule has 0 saturated heterocycles. The van der Waals surface area contributed by atoms with Crippen LogP contribution in [0.4, 0.5) is 9.18 Å². The van der Waals surface area contributed by atoms with Gasteiger partial charge >= 0.3 is 6.03 Å². The average Bonchev–Trinajstić information content (AvgIpc) is 3.54. The first-order valence-electron chi connectivity index (χ1n) is 11.0. The van der Waals surface area contributed by atoms with E-state index in [0.717, 1.165) is 16.0 Å². The van der Waals surface area contributed by atoms with Crippen LogP contribution in [0.15, 0.2) is 70.2 Å². The summed E-state index contributed by atoms with van der Waals surface area (Å²) in [6, 6.07) is 15.7. The number of nitrogens with one attached hydrogen (secondary N) is 1. The van der Waals surface area contributed by atoms with E-state index in [1.165, 1.54) is 19.2 Å². The van der Waals surface area contributed by atoms with Crippen molar-refractivity contribution >= 4 is 22.9 Å². The number of halogens is 1. The van der Waals surface area contributed by atoms with Crippen molar-refractivity contribution < 1.29 is 18.4 Å². The summed E-state index contributed by atoms with van der Waals surface area (Å²) in [4.78, 5) is 20.4. The van der Waals surface area contributed by atoms with E-state index in [4.69, 9.17) is 9.26 Å². The Balaban J connectivity index is 1.58. The maximum Gasteiger partial charge on any atom is 0.322 e. The first-order valence-corrected chi connectivity index (χ1v) is 11.9. The van der Waals surface area contributed by atoms with Crippen molar-refractivity contribution in [3.8, 4) is 17.1 Å². The lowest BCUT2D eigenvalue weighted by atomic mass is 9.94. The Hall–Kier alpha value is -3.98.